The van der Waals surface area contributed by atoms with Gasteiger partial charge in [0.2, 0.25) is 0 Å². The van der Waals surface area contributed by atoms with Crippen LogP contribution < -0.4 is 19.9 Å². The number of rotatable bonds is 7. The molecule has 42 heavy (non-hydrogen) atoms. The van der Waals surface area contributed by atoms with E-state index in [1.54, 1.807) is 0 Å². The number of anilines is 2. The van der Waals surface area contributed by atoms with Crippen molar-refractivity contribution in [3.8, 4) is 6.01 Å². The Hall–Kier alpha value is -2.94. The molecule has 0 radical (unpaired) electrons. The number of nitrogens with one attached hydrogen (secondary N) is 1. The molecular formula is C34H44N6O2. The highest BCUT2D eigenvalue weighted by Crippen LogP contribution is 2.43. The highest BCUT2D eigenvalue weighted by Gasteiger charge is 2.49. The maximum Gasteiger partial charge on any atom is 0.318 e. The van der Waals surface area contributed by atoms with Gasteiger partial charge in [-0.1, -0.05) is 37.3 Å². The Balaban J connectivity index is 1.14. The third-order valence-corrected chi connectivity index (χ3v) is 10.9. The fourth-order valence-corrected chi connectivity index (χ4v) is 8.85. The molecule has 0 aliphatic carbocycles. The normalized spacial score (nSPS) is 28.9. The smallest absolute Gasteiger partial charge is 0.318 e. The molecule has 1 aromatic heterocycles. The average Bonchev–Trinajstić information content (AvgIpc) is 3.71. The molecule has 222 valence electrons. The minimum atomic E-state index is 0.00647. The van der Waals surface area contributed by atoms with Crippen LogP contribution >= 0.6 is 0 Å². The van der Waals surface area contributed by atoms with E-state index in [0.717, 1.165) is 76.3 Å². The minimum Gasteiger partial charge on any atom is -0.461 e. The second kappa shape index (κ2) is 10.6. The van der Waals surface area contributed by atoms with Gasteiger partial charge >= 0.3 is 6.01 Å². The topological polar surface area (TPSA) is 77.0 Å². The van der Waals surface area contributed by atoms with Crippen molar-refractivity contribution in [1.29, 1.82) is 0 Å². The molecule has 4 atom stereocenters. The van der Waals surface area contributed by atoms with Gasteiger partial charge < -0.3 is 25.0 Å². The standard InChI is InChI=1S/C34H44N6O2/c1-2-23-6-3-7-24-8-4-9-30(31(23)24)38-17-13-28-29(20-38)36-33(37-32(28)39-18-25-10-11-26(19-39)35-25)42-22-34-14-5-16-40(34)27(21-41)12-15-34/h3-4,6-9,25-27,35,41H,2,5,10-22H2,1H3/t25-,26+,27?,34?. The molecule has 8 rings (SSSR count). The number of hydrogen-bond acceptors (Lipinski definition) is 8. The van der Waals surface area contributed by atoms with Crippen molar-refractivity contribution in [1.82, 2.24) is 20.2 Å². The quantitative estimate of drug-likeness (QED) is 0.442. The zero-order valence-corrected chi connectivity index (χ0v) is 24.9. The van der Waals surface area contributed by atoms with Crippen molar-refractivity contribution < 1.29 is 9.84 Å². The van der Waals surface area contributed by atoms with Gasteiger partial charge in [0.15, 0.2) is 0 Å². The van der Waals surface area contributed by atoms with Crippen LogP contribution in [0.3, 0.4) is 0 Å². The molecule has 2 N–H and O–H groups in total. The summed E-state index contributed by atoms with van der Waals surface area (Å²) in [5, 5.41) is 16.4. The van der Waals surface area contributed by atoms with Crippen molar-refractivity contribution in [2.45, 2.75) is 88.5 Å². The number of ether oxygens (including phenoxy) is 1. The SMILES string of the molecule is CCc1cccc2cccc(N3CCc4c(nc(OCC56CCCN5C(CO)CC6)nc4N4C[C@H]5CC[C@@H](C4)N5)C3)c12. The largest absolute Gasteiger partial charge is 0.461 e. The van der Waals surface area contributed by atoms with Gasteiger partial charge in [-0.05, 0) is 74.9 Å². The fraction of sp³-hybridized carbons (Fsp3) is 0.588. The Morgan fingerprint density at radius 2 is 1.83 bits per heavy atom. The van der Waals surface area contributed by atoms with Crippen LogP contribution in [-0.4, -0.2) is 83.0 Å². The molecule has 5 aliphatic heterocycles. The van der Waals surface area contributed by atoms with Crippen LogP contribution in [0.5, 0.6) is 6.01 Å². The van der Waals surface area contributed by atoms with Gasteiger partial charge in [-0.25, -0.2) is 0 Å². The lowest BCUT2D eigenvalue weighted by Gasteiger charge is -2.38. The number of aliphatic hydroxyl groups is 1. The summed E-state index contributed by atoms with van der Waals surface area (Å²) in [5.74, 6) is 1.10. The second-order valence-corrected chi connectivity index (χ2v) is 13.3. The van der Waals surface area contributed by atoms with Crippen molar-refractivity contribution in [3.63, 3.8) is 0 Å². The first-order valence-electron chi connectivity index (χ1n) is 16.3. The summed E-state index contributed by atoms with van der Waals surface area (Å²) in [6.07, 6.45) is 8.85. The summed E-state index contributed by atoms with van der Waals surface area (Å²) in [6, 6.07) is 15.3. The molecule has 4 fully saturated rings. The molecule has 0 spiro atoms. The van der Waals surface area contributed by atoms with Gasteiger partial charge in [0.05, 0.1) is 24.4 Å². The van der Waals surface area contributed by atoms with E-state index >= 15 is 0 Å². The molecule has 6 heterocycles. The number of aliphatic hydroxyl groups excluding tert-OH is 1. The van der Waals surface area contributed by atoms with Crippen LogP contribution in [0.25, 0.3) is 10.8 Å². The highest BCUT2D eigenvalue weighted by atomic mass is 16.5. The predicted octanol–water partition coefficient (Wildman–Crippen LogP) is 4.06. The first kappa shape index (κ1) is 26.7. The highest BCUT2D eigenvalue weighted by molar-refractivity contribution is 5.97. The minimum absolute atomic E-state index is 0.00647. The summed E-state index contributed by atoms with van der Waals surface area (Å²) >= 11 is 0. The number of fused-ring (bicyclic) bond motifs is 5. The lowest BCUT2D eigenvalue weighted by atomic mass is 9.95. The number of nitrogens with zero attached hydrogens (tertiary/aromatic N) is 5. The van der Waals surface area contributed by atoms with Crippen LogP contribution in [-0.2, 0) is 19.4 Å². The molecule has 0 amide bonds. The summed E-state index contributed by atoms with van der Waals surface area (Å²) in [5.41, 5.74) is 5.12. The zero-order valence-electron chi connectivity index (χ0n) is 24.9. The summed E-state index contributed by atoms with van der Waals surface area (Å²) < 4.78 is 6.60. The predicted molar refractivity (Wildman–Crippen MR) is 167 cm³/mol. The molecule has 8 nitrogen and oxygen atoms in total. The maximum absolute atomic E-state index is 9.97. The summed E-state index contributed by atoms with van der Waals surface area (Å²) in [6.45, 7) is 7.86. The molecule has 8 heteroatoms. The Bertz CT molecular complexity index is 1460. The second-order valence-electron chi connectivity index (χ2n) is 13.3. The molecule has 0 saturated carbocycles. The Morgan fingerprint density at radius 3 is 2.64 bits per heavy atom. The molecule has 4 saturated heterocycles. The fourth-order valence-electron chi connectivity index (χ4n) is 8.85. The number of benzene rings is 2. The van der Waals surface area contributed by atoms with E-state index in [4.69, 9.17) is 14.7 Å². The van der Waals surface area contributed by atoms with Crippen molar-refractivity contribution >= 4 is 22.3 Å². The molecule has 2 unspecified atom stereocenters. The Labute approximate surface area is 249 Å². The third-order valence-electron chi connectivity index (χ3n) is 10.9. The lowest BCUT2D eigenvalue weighted by molar-refractivity contribution is 0.0642. The van der Waals surface area contributed by atoms with Gasteiger partial charge in [0, 0.05) is 54.4 Å². The Kier molecular flexibility index (Phi) is 6.76. The first-order chi connectivity index (χ1) is 20.6. The summed E-state index contributed by atoms with van der Waals surface area (Å²) in [4.78, 5) is 17.9. The number of piperazine rings is 1. The lowest BCUT2D eigenvalue weighted by Crippen LogP contribution is -2.52. The monoisotopic (exact) mass is 568 g/mol. The van der Waals surface area contributed by atoms with E-state index in [0.29, 0.717) is 24.7 Å². The molecule has 5 aliphatic rings. The van der Waals surface area contributed by atoms with E-state index in [1.807, 2.05) is 0 Å². The molecule has 2 bridgehead atoms. The van der Waals surface area contributed by atoms with Crippen LogP contribution in [0.4, 0.5) is 11.5 Å². The first-order valence-corrected chi connectivity index (χ1v) is 16.3. The van der Waals surface area contributed by atoms with Crippen molar-refractivity contribution in [2.24, 2.45) is 0 Å². The van der Waals surface area contributed by atoms with Crippen molar-refractivity contribution in [3.05, 3.63) is 53.2 Å². The van der Waals surface area contributed by atoms with E-state index in [9.17, 15) is 5.11 Å². The van der Waals surface area contributed by atoms with Crippen LogP contribution in [0.15, 0.2) is 36.4 Å². The summed E-state index contributed by atoms with van der Waals surface area (Å²) in [7, 11) is 0. The van der Waals surface area contributed by atoms with E-state index < -0.39 is 0 Å². The van der Waals surface area contributed by atoms with Crippen molar-refractivity contribution in [2.75, 3.05) is 49.2 Å². The van der Waals surface area contributed by atoms with Gasteiger partial charge in [-0.3, -0.25) is 4.90 Å². The number of aromatic nitrogens is 2. The van der Waals surface area contributed by atoms with Crippen LogP contribution in [0, 0.1) is 0 Å². The molecular weight excluding hydrogens is 524 g/mol. The van der Waals surface area contributed by atoms with Crippen LogP contribution in [0.2, 0.25) is 0 Å². The van der Waals surface area contributed by atoms with Gasteiger partial charge in [0.1, 0.15) is 12.4 Å². The molecule has 3 aromatic rings. The van der Waals surface area contributed by atoms with E-state index in [2.05, 4.69) is 63.3 Å². The zero-order chi connectivity index (χ0) is 28.3. The van der Waals surface area contributed by atoms with Gasteiger partial charge in [-0.15, -0.1) is 0 Å². The van der Waals surface area contributed by atoms with Gasteiger partial charge in [-0.2, -0.15) is 9.97 Å². The molecule has 2 aromatic carbocycles. The number of hydrogen-bond donors (Lipinski definition) is 2. The maximum atomic E-state index is 9.97. The van der Waals surface area contributed by atoms with E-state index in [1.165, 1.54) is 46.8 Å². The van der Waals surface area contributed by atoms with Gasteiger partial charge in [0.25, 0.3) is 0 Å². The van der Waals surface area contributed by atoms with E-state index in [-0.39, 0.29) is 18.2 Å². The Morgan fingerprint density at radius 1 is 1.00 bits per heavy atom. The average molecular weight is 569 g/mol. The number of aryl methyl sites for hydroxylation is 1. The van der Waals surface area contributed by atoms with Crippen LogP contribution in [0.1, 0.15) is 62.3 Å². The third kappa shape index (κ3) is 4.45.